The summed E-state index contributed by atoms with van der Waals surface area (Å²) in [7, 11) is 5.31. The number of carbonyl (C=O) groups excluding carboxylic acids is 1. The van der Waals surface area contributed by atoms with E-state index < -0.39 is 5.60 Å². The number of ether oxygens (including phenoxy) is 3. The zero-order valence-electron chi connectivity index (χ0n) is 24.3. The molecular weight excluding hydrogens is 511 g/mol. The predicted octanol–water partition coefficient (Wildman–Crippen LogP) is 5.44. The van der Waals surface area contributed by atoms with Gasteiger partial charge in [-0.05, 0) is 70.6 Å². The Kier molecular flexibility index (Phi) is 7.52. The van der Waals surface area contributed by atoms with E-state index in [0.717, 1.165) is 54.9 Å². The van der Waals surface area contributed by atoms with E-state index in [2.05, 4.69) is 22.9 Å². The molecule has 2 aliphatic heterocycles. The second kappa shape index (κ2) is 10.8. The number of likely N-dealkylation sites (tertiary alicyclic amines) is 1. The first-order valence-corrected chi connectivity index (χ1v) is 13.7. The van der Waals surface area contributed by atoms with Crippen LogP contribution in [0.1, 0.15) is 27.2 Å². The van der Waals surface area contributed by atoms with Crippen LogP contribution in [0.4, 0.5) is 14.9 Å². The Bertz CT molecular complexity index is 1380. The lowest BCUT2D eigenvalue weighted by atomic mass is 9.79. The number of rotatable bonds is 7. The molecule has 2 aromatic carbocycles. The molecule has 0 atom stereocenters. The van der Waals surface area contributed by atoms with Gasteiger partial charge in [0.1, 0.15) is 18.0 Å². The molecule has 2 aliphatic rings. The van der Waals surface area contributed by atoms with Gasteiger partial charge in [0, 0.05) is 61.3 Å². The number of fused-ring (bicyclic) bond motifs is 1. The summed E-state index contributed by atoms with van der Waals surface area (Å²) in [6.07, 6.45) is 0.749. The summed E-state index contributed by atoms with van der Waals surface area (Å²) < 4.78 is 31.3. The molecule has 3 aromatic rings. The lowest BCUT2D eigenvalue weighted by molar-refractivity contribution is 0.0278. The summed E-state index contributed by atoms with van der Waals surface area (Å²) in [4.78, 5) is 23.3. The Morgan fingerprint density at radius 1 is 1.12 bits per heavy atom. The zero-order chi connectivity index (χ0) is 28.7. The van der Waals surface area contributed by atoms with Gasteiger partial charge in [-0.2, -0.15) is 0 Å². The summed E-state index contributed by atoms with van der Waals surface area (Å²) >= 11 is 0. The number of methoxy groups -OCH3 is 1. The number of hydrogen-bond acceptors (Lipinski definition) is 7. The molecule has 9 heteroatoms. The van der Waals surface area contributed by atoms with Gasteiger partial charge < -0.3 is 28.9 Å². The van der Waals surface area contributed by atoms with Crippen molar-refractivity contribution in [2.45, 2.75) is 32.8 Å². The second-order valence-corrected chi connectivity index (χ2v) is 12.1. The molecule has 0 unspecified atom stereocenters. The van der Waals surface area contributed by atoms with Gasteiger partial charge in [-0.3, -0.25) is 0 Å². The highest BCUT2D eigenvalue weighted by atomic mass is 19.1. The van der Waals surface area contributed by atoms with Gasteiger partial charge in [0.05, 0.1) is 24.9 Å². The van der Waals surface area contributed by atoms with E-state index in [-0.39, 0.29) is 17.7 Å². The zero-order valence-corrected chi connectivity index (χ0v) is 24.3. The fourth-order valence-electron chi connectivity index (χ4n) is 5.73. The second-order valence-electron chi connectivity index (χ2n) is 12.1. The van der Waals surface area contributed by atoms with Crippen LogP contribution in [0.3, 0.4) is 0 Å². The molecule has 8 nitrogen and oxygen atoms in total. The highest BCUT2D eigenvalue weighted by Crippen LogP contribution is 2.43. The van der Waals surface area contributed by atoms with Crippen LogP contribution in [0.5, 0.6) is 11.5 Å². The summed E-state index contributed by atoms with van der Waals surface area (Å²) in [5.74, 6) is 0.491. The van der Waals surface area contributed by atoms with Crippen LogP contribution >= 0.6 is 0 Å². The topological polar surface area (TPSA) is 67.4 Å². The molecule has 1 aromatic heterocycles. The van der Waals surface area contributed by atoms with E-state index in [0.29, 0.717) is 29.8 Å². The Labute approximate surface area is 235 Å². The lowest BCUT2D eigenvalue weighted by Crippen LogP contribution is -2.55. The van der Waals surface area contributed by atoms with Gasteiger partial charge in [0.2, 0.25) is 0 Å². The molecule has 0 saturated carbocycles. The first-order chi connectivity index (χ1) is 18.9. The van der Waals surface area contributed by atoms with Crippen LogP contribution in [-0.2, 0) is 4.74 Å². The fourth-order valence-corrected chi connectivity index (χ4v) is 5.73. The highest BCUT2D eigenvalue weighted by molar-refractivity contribution is 5.95. The number of pyridine rings is 1. The third-order valence-corrected chi connectivity index (χ3v) is 7.60. The number of hydrogen-bond donors (Lipinski definition) is 0. The number of anilines is 1. The van der Waals surface area contributed by atoms with Crippen molar-refractivity contribution in [2.24, 2.45) is 5.41 Å². The van der Waals surface area contributed by atoms with Crippen LogP contribution in [0.2, 0.25) is 0 Å². The monoisotopic (exact) mass is 550 g/mol. The maximum atomic E-state index is 14.8. The molecule has 2 saturated heterocycles. The first kappa shape index (κ1) is 28.0. The molecule has 0 radical (unpaired) electrons. The average molecular weight is 551 g/mol. The Hall–Kier alpha value is -3.59. The van der Waals surface area contributed by atoms with Crippen molar-refractivity contribution in [3.63, 3.8) is 0 Å². The Morgan fingerprint density at radius 2 is 1.85 bits per heavy atom. The maximum Gasteiger partial charge on any atom is 0.410 e. The van der Waals surface area contributed by atoms with E-state index in [1.54, 1.807) is 19.2 Å². The van der Waals surface area contributed by atoms with Crippen molar-refractivity contribution in [3.8, 4) is 22.8 Å². The number of aromatic nitrogens is 1. The molecule has 3 heterocycles. The van der Waals surface area contributed by atoms with Crippen LogP contribution in [0.15, 0.2) is 42.5 Å². The fraction of sp³-hybridized carbons (Fsp3) is 0.484. The highest BCUT2D eigenvalue weighted by Gasteiger charge is 2.46. The Balaban J connectivity index is 1.34. The van der Waals surface area contributed by atoms with Gasteiger partial charge in [-0.25, -0.2) is 14.2 Å². The molecule has 1 amide bonds. The largest absolute Gasteiger partial charge is 0.494 e. The number of likely N-dealkylation sites (N-methyl/N-ethyl adjacent to an activating group) is 1. The smallest absolute Gasteiger partial charge is 0.410 e. The van der Waals surface area contributed by atoms with Crippen molar-refractivity contribution >= 4 is 22.7 Å². The van der Waals surface area contributed by atoms with E-state index in [4.69, 9.17) is 19.2 Å². The van der Waals surface area contributed by atoms with E-state index in [1.165, 1.54) is 12.0 Å². The molecule has 0 N–H and O–H groups in total. The normalized spacial score (nSPS) is 16.7. The van der Waals surface area contributed by atoms with Crippen molar-refractivity contribution < 1.29 is 23.4 Å². The summed E-state index contributed by atoms with van der Waals surface area (Å²) in [5, 5.41) is 0.792. The number of amides is 1. The van der Waals surface area contributed by atoms with Crippen molar-refractivity contribution in [2.75, 3.05) is 65.4 Å². The van der Waals surface area contributed by atoms with Crippen LogP contribution < -0.4 is 14.4 Å². The molecule has 40 heavy (non-hydrogen) atoms. The average Bonchev–Trinajstić information content (AvgIpc) is 3.32. The standard InChI is InChI=1S/C31H39FN4O4/c1-30(2,3)40-29(37)35(5)13-14-39-22-9-7-21(8-10-22)25-16-27(36-12-11-31(20-36)18-34(4)19-31)23-15-24(32)28(38-6)17-26(23)33-25/h7-10,15-17H,11-14,18-20H2,1-6H3. The molecule has 5 rings (SSSR count). The maximum absolute atomic E-state index is 14.8. The summed E-state index contributed by atoms with van der Waals surface area (Å²) in [5.41, 5.74) is 3.20. The molecule has 214 valence electrons. The number of carbonyl (C=O) groups is 1. The minimum atomic E-state index is -0.540. The number of nitrogens with zero attached hydrogens (tertiary/aromatic N) is 4. The summed E-state index contributed by atoms with van der Waals surface area (Å²) in [6, 6.07) is 13.0. The Morgan fingerprint density at radius 3 is 2.50 bits per heavy atom. The van der Waals surface area contributed by atoms with E-state index >= 15 is 0 Å². The van der Waals surface area contributed by atoms with Crippen molar-refractivity contribution in [1.82, 2.24) is 14.8 Å². The minimum absolute atomic E-state index is 0.182. The SMILES string of the molecule is COc1cc2nc(-c3ccc(OCCN(C)C(=O)OC(C)(C)C)cc3)cc(N3CCC4(CN(C)C4)C3)c2cc1F. The van der Waals surface area contributed by atoms with Gasteiger partial charge in [-0.1, -0.05) is 0 Å². The van der Waals surface area contributed by atoms with Crippen LogP contribution in [-0.4, -0.2) is 87.0 Å². The van der Waals surface area contributed by atoms with Crippen molar-refractivity contribution in [1.29, 1.82) is 0 Å². The van der Waals surface area contributed by atoms with E-state index in [1.807, 2.05) is 45.0 Å². The van der Waals surface area contributed by atoms with E-state index in [9.17, 15) is 9.18 Å². The molecule has 0 bridgehead atoms. The summed E-state index contributed by atoms with van der Waals surface area (Å²) in [6.45, 7) is 10.3. The number of halogens is 1. The van der Waals surface area contributed by atoms with Gasteiger partial charge in [0.25, 0.3) is 0 Å². The molecular formula is C31H39FN4O4. The van der Waals surface area contributed by atoms with Crippen molar-refractivity contribution in [3.05, 3.63) is 48.3 Å². The first-order valence-electron chi connectivity index (χ1n) is 13.7. The molecule has 0 aliphatic carbocycles. The quantitative estimate of drug-likeness (QED) is 0.388. The number of benzene rings is 2. The van der Waals surface area contributed by atoms with Gasteiger partial charge in [-0.15, -0.1) is 0 Å². The van der Waals surface area contributed by atoms with Crippen LogP contribution in [0, 0.1) is 11.2 Å². The predicted molar refractivity (Wildman–Crippen MR) is 155 cm³/mol. The lowest BCUT2D eigenvalue weighted by Gasteiger charge is -2.46. The third kappa shape index (κ3) is 5.94. The third-order valence-electron chi connectivity index (χ3n) is 7.60. The van der Waals surface area contributed by atoms with Gasteiger partial charge in [0.15, 0.2) is 11.6 Å². The minimum Gasteiger partial charge on any atom is -0.494 e. The molecule has 2 fully saturated rings. The van der Waals surface area contributed by atoms with Gasteiger partial charge >= 0.3 is 6.09 Å². The molecule has 1 spiro atoms. The van der Waals surface area contributed by atoms with Crippen LogP contribution in [0.25, 0.3) is 22.2 Å².